The summed E-state index contributed by atoms with van der Waals surface area (Å²) < 4.78 is 0. The molecule has 0 heterocycles. The normalized spacial score (nSPS) is 12.8. The van der Waals surface area contributed by atoms with Crippen molar-refractivity contribution in [2.24, 2.45) is 0 Å². The zero-order valence-corrected chi connectivity index (χ0v) is 39.4. The molecule has 0 bridgehead atoms. The summed E-state index contributed by atoms with van der Waals surface area (Å²) in [6.45, 7) is 0. The van der Waals surface area contributed by atoms with E-state index in [-0.39, 0.29) is 0 Å². The van der Waals surface area contributed by atoms with Gasteiger partial charge >= 0.3 is 0 Å². The van der Waals surface area contributed by atoms with E-state index in [0.29, 0.717) is 0 Å². The molecule has 0 amide bonds. The lowest BCUT2D eigenvalue weighted by Crippen LogP contribution is -2.26. The SMILES string of the molecule is c1ccc(-c2ccc(N(c3ccc4c5ccccc5c5ccccc5c4c3)c3cc4c(cc3-c3ccc(-c5cccc6ccccc56)cc3)-c3ccccc3C43c4ccccc4-c4ccccc43)cc2)cc1. The maximum Gasteiger partial charge on any atom is 0.0726 e. The summed E-state index contributed by atoms with van der Waals surface area (Å²) in [4.78, 5) is 2.54. The Balaban J connectivity index is 1.04. The lowest BCUT2D eigenvalue weighted by Gasteiger charge is -2.33. The third kappa shape index (κ3) is 5.89. The highest BCUT2D eigenvalue weighted by Gasteiger charge is 2.52. The summed E-state index contributed by atoms with van der Waals surface area (Å²) in [5, 5.41) is 10.0. The van der Waals surface area contributed by atoms with Gasteiger partial charge in [-0.15, -0.1) is 0 Å². The molecule has 15 rings (SSSR count). The fourth-order valence-electron chi connectivity index (χ4n) is 12.7. The third-order valence-corrected chi connectivity index (χ3v) is 15.9. The lowest BCUT2D eigenvalue weighted by molar-refractivity contribution is 0.794. The van der Waals surface area contributed by atoms with Gasteiger partial charge in [-0.3, -0.25) is 0 Å². The second kappa shape index (κ2) is 15.9. The average molecular weight is 912 g/mol. The highest BCUT2D eigenvalue weighted by molar-refractivity contribution is 6.26. The van der Waals surface area contributed by atoms with Crippen LogP contribution >= 0.6 is 0 Å². The first-order valence-corrected chi connectivity index (χ1v) is 25.1. The second-order valence-corrected chi connectivity index (χ2v) is 19.5. The molecule has 2 aliphatic carbocycles. The van der Waals surface area contributed by atoms with E-state index >= 15 is 0 Å². The van der Waals surface area contributed by atoms with Gasteiger partial charge < -0.3 is 4.90 Å². The van der Waals surface area contributed by atoms with Crippen LogP contribution in [0.1, 0.15) is 22.3 Å². The van der Waals surface area contributed by atoms with Crippen molar-refractivity contribution in [3.8, 4) is 55.6 Å². The van der Waals surface area contributed by atoms with Gasteiger partial charge in [-0.1, -0.05) is 237 Å². The monoisotopic (exact) mass is 911 g/mol. The van der Waals surface area contributed by atoms with Crippen LogP contribution in [0.5, 0.6) is 0 Å². The third-order valence-electron chi connectivity index (χ3n) is 15.9. The minimum Gasteiger partial charge on any atom is -0.310 e. The van der Waals surface area contributed by atoms with E-state index in [4.69, 9.17) is 0 Å². The van der Waals surface area contributed by atoms with Gasteiger partial charge in [-0.2, -0.15) is 0 Å². The van der Waals surface area contributed by atoms with Crippen molar-refractivity contribution in [2.45, 2.75) is 5.41 Å². The smallest absolute Gasteiger partial charge is 0.0726 e. The minimum absolute atomic E-state index is 0.522. The molecule has 0 aromatic heterocycles. The Bertz CT molecular complexity index is 4230. The van der Waals surface area contributed by atoms with Crippen molar-refractivity contribution in [3.05, 3.63) is 295 Å². The first kappa shape index (κ1) is 40.6. The first-order chi connectivity index (χ1) is 35.7. The van der Waals surface area contributed by atoms with Crippen molar-refractivity contribution in [3.63, 3.8) is 0 Å². The van der Waals surface area contributed by atoms with E-state index in [1.807, 2.05) is 0 Å². The maximum absolute atomic E-state index is 2.57. The van der Waals surface area contributed by atoms with E-state index in [2.05, 4.69) is 278 Å². The largest absolute Gasteiger partial charge is 0.310 e. The summed E-state index contributed by atoms with van der Waals surface area (Å²) in [6, 6.07) is 102. The molecule has 0 saturated heterocycles. The van der Waals surface area contributed by atoms with Gasteiger partial charge in [0, 0.05) is 16.9 Å². The van der Waals surface area contributed by atoms with Crippen molar-refractivity contribution in [2.75, 3.05) is 4.90 Å². The van der Waals surface area contributed by atoms with Crippen LogP contribution in [0.3, 0.4) is 0 Å². The number of rotatable bonds is 6. The van der Waals surface area contributed by atoms with Crippen molar-refractivity contribution < 1.29 is 0 Å². The molecule has 0 aliphatic heterocycles. The highest BCUT2D eigenvalue weighted by atomic mass is 15.1. The minimum atomic E-state index is -0.522. The van der Waals surface area contributed by atoms with Crippen molar-refractivity contribution >= 4 is 60.2 Å². The molecule has 2 aliphatic rings. The Morgan fingerprint density at radius 2 is 0.653 bits per heavy atom. The van der Waals surface area contributed by atoms with E-state index in [1.54, 1.807) is 0 Å². The Labute approximate surface area is 419 Å². The fraction of sp³-hybridized carbons (Fsp3) is 0.0141. The van der Waals surface area contributed by atoms with Crippen molar-refractivity contribution in [1.29, 1.82) is 0 Å². The zero-order chi connectivity index (χ0) is 47.3. The van der Waals surface area contributed by atoms with Crippen LogP contribution < -0.4 is 4.90 Å². The summed E-state index contributed by atoms with van der Waals surface area (Å²) in [5.41, 5.74) is 20.4. The van der Waals surface area contributed by atoms with E-state index in [0.717, 1.165) is 22.6 Å². The number of fused-ring (bicyclic) bond motifs is 17. The standard InChI is InChI=1S/C71H45N/c1-2-17-46(18-3-1)47-37-39-51(40-38-47)72(52-41-42-59-57-24-7-6-22-55(57)56-23-8-9-25-58(56)64(59)43-52)70-45-69-65(44-63(70)50-35-33-49(34-36-50)54-29-16-20-48-19-4-5-21-53(48)54)62-28-12-15-32-68(62)71(69)66-30-13-10-26-60(66)61-27-11-14-31-67(61)71/h1-45H. The summed E-state index contributed by atoms with van der Waals surface area (Å²) >= 11 is 0. The Hall–Kier alpha value is -9.30. The van der Waals surface area contributed by atoms with Gasteiger partial charge in [0.25, 0.3) is 0 Å². The predicted molar refractivity (Wildman–Crippen MR) is 304 cm³/mol. The zero-order valence-electron chi connectivity index (χ0n) is 39.4. The van der Waals surface area contributed by atoms with Gasteiger partial charge in [0.2, 0.25) is 0 Å². The second-order valence-electron chi connectivity index (χ2n) is 19.5. The number of anilines is 3. The molecule has 1 spiro atoms. The number of hydrogen-bond donors (Lipinski definition) is 0. The molecule has 1 nitrogen and oxygen atoms in total. The predicted octanol–water partition coefficient (Wildman–Crippen LogP) is 19.1. The molecule has 1 heteroatoms. The number of hydrogen-bond acceptors (Lipinski definition) is 1. The molecule has 0 N–H and O–H groups in total. The summed E-state index contributed by atoms with van der Waals surface area (Å²) in [5.74, 6) is 0. The molecular formula is C71H45N. The quantitative estimate of drug-likeness (QED) is 0.150. The van der Waals surface area contributed by atoms with Crippen LogP contribution in [0.25, 0.3) is 98.7 Å². The molecule has 0 radical (unpaired) electrons. The van der Waals surface area contributed by atoms with E-state index in [9.17, 15) is 0 Å². The van der Waals surface area contributed by atoms with Gasteiger partial charge in [0.15, 0.2) is 0 Å². The molecule has 13 aromatic carbocycles. The molecule has 0 atom stereocenters. The topological polar surface area (TPSA) is 3.24 Å². The highest BCUT2D eigenvalue weighted by Crippen LogP contribution is 2.64. The molecular weight excluding hydrogens is 867 g/mol. The van der Waals surface area contributed by atoms with Crippen LogP contribution in [0.2, 0.25) is 0 Å². The Morgan fingerprint density at radius 1 is 0.222 bits per heavy atom. The van der Waals surface area contributed by atoms with Crippen LogP contribution in [0.15, 0.2) is 273 Å². The molecule has 0 saturated carbocycles. The Morgan fingerprint density at radius 3 is 1.28 bits per heavy atom. The van der Waals surface area contributed by atoms with Crippen LogP contribution in [-0.4, -0.2) is 0 Å². The summed E-state index contributed by atoms with van der Waals surface area (Å²) in [6.07, 6.45) is 0. The maximum atomic E-state index is 2.57. The van der Waals surface area contributed by atoms with Gasteiger partial charge in [0.1, 0.15) is 0 Å². The Kier molecular flexibility index (Phi) is 8.94. The van der Waals surface area contributed by atoms with Crippen LogP contribution in [-0.2, 0) is 5.41 Å². The number of benzene rings is 13. The molecule has 72 heavy (non-hydrogen) atoms. The number of nitrogens with zero attached hydrogens (tertiary/aromatic N) is 1. The molecule has 334 valence electrons. The summed E-state index contributed by atoms with van der Waals surface area (Å²) in [7, 11) is 0. The van der Waals surface area contributed by atoms with Crippen LogP contribution in [0, 0.1) is 0 Å². The molecule has 0 fully saturated rings. The van der Waals surface area contributed by atoms with Gasteiger partial charge in [-0.05, 0) is 152 Å². The van der Waals surface area contributed by atoms with E-state index < -0.39 is 5.41 Å². The van der Waals surface area contributed by atoms with Gasteiger partial charge in [-0.25, -0.2) is 0 Å². The average Bonchev–Trinajstić information content (AvgIpc) is 3.92. The van der Waals surface area contributed by atoms with E-state index in [1.165, 1.54) is 115 Å². The fourth-order valence-corrected chi connectivity index (χ4v) is 12.7. The van der Waals surface area contributed by atoms with Crippen LogP contribution in [0.4, 0.5) is 17.1 Å². The lowest BCUT2D eigenvalue weighted by atomic mass is 9.70. The molecule has 13 aromatic rings. The first-order valence-electron chi connectivity index (χ1n) is 25.1. The van der Waals surface area contributed by atoms with Crippen molar-refractivity contribution in [1.82, 2.24) is 0 Å². The van der Waals surface area contributed by atoms with Gasteiger partial charge in [0.05, 0.1) is 11.1 Å². The molecule has 0 unspecified atom stereocenters.